The van der Waals surface area contributed by atoms with Crippen molar-refractivity contribution in [1.82, 2.24) is 4.90 Å². The summed E-state index contributed by atoms with van der Waals surface area (Å²) >= 11 is 0. The van der Waals surface area contributed by atoms with E-state index in [2.05, 4.69) is 20.6 Å². The summed E-state index contributed by atoms with van der Waals surface area (Å²) in [7, 11) is 5.59. The lowest BCUT2D eigenvalue weighted by Crippen LogP contribution is -2.13. The van der Waals surface area contributed by atoms with Crippen LogP contribution in [0.15, 0.2) is 46.4 Å². The molecule has 24 heavy (non-hydrogen) atoms. The number of likely N-dealkylation sites (N-methyl/N-ethyl adjacent to an activating group) is 1. The third-order valence-corrected chi connectivity index (χ3v) is 3.15. The normalized spacial score (nSPS) is 12.8. The lowest BCUT2D eigenvalue weighted by molar-refractivity contribution is -0.111. The first-order valence-electron chi connectivity index (χ1n) is 7.95. The summed E-state index contributed by atoms with van der Waals surface area (Å²) in [4.78, 5) is 22.4. The number of nitrogens with one attached hydrogen (secondary N) is 2. The van der Waals surface area contributed by atoms with Gasteiger partial charge in [0.05, 0.1) is 0 Å². The summed E-state index contributed by atoms with van der Waals surface area (Å²) in [6, 6.07) is 7.45. The van der Waals surface area contributed by atoms with Crippen molar-refractivity contribution >= 4 is 29.0 Å². The highest BCUT2D eigenvalue weighted by atomic mass is 16.1. The Morgan fingerprint density at radius 3 is 2.50 bits per heavy atom. The maximum atomic E-state index is 11.9. The maximum Gasteiger partial charge on any atom is 0.248 e. The number of rotatable bonds is 6. The molecule has 1 aromatic carbocycles. The van der Waals surface area contributed by atoms with E-state index in [-0.39, 0.29) is 5.91 Å². The summed E-state index contributed by atoms with van der Waals surface area (Å²) in [6.07, 6.45) is 4.23. The van der Waals surface area contributed by atoms with Crippen LogP contribution in [0.5, 0.6) is 0 Å². The van der Waals surface area contributed by atoms with E-state index in [4.69, 9.17) is 0 Å². The molecule has 0 fully saturated rings. The highest BCUT2D eigenvalue weighted by Gasteiger charge is 2.02. The van der Waals surface area contributed by atoms with Gasteiger partial charge in [-0.25, -0.2) is 4.99 Å². The van der Waals surface area contributed by atoms with Crippen molar-refractivity contribution in [2.75, 3.05) is 38.3 Å². The third kappa shape index (κ3) is 7.69. The zero-order chi connectivity index (χ0) is 17.9. The predicted octanol–water partition coefficient (Wildman–Crippen LogP) is 3.01. The van der Waals surface area contributed by atoms with Crippen molar-refractivity contribution in [2.45, 2.75) is 20.3 Å². The Morgan fingerprint density at radius 2 is 1.92 bits per heavy atom. The standard InChI is InChI=1S/C18H27N5O/c1-6-14(2)20-18(19-3)22-16-10-7-9-15(13-16)21-17(24)11-8-12-23(4)5/h7-11,13H,6,12H2,1-5H3,(H,19,22)(H,21,24)/b11-8+,20-14-. The molecule has 1 aromatic rings. The molecule has 1 amide bonds. The number of amides is 1. The van der Waals surface area contributed by atoms with Gasteiger partial charge in [0.2, 0.25) is 11.9 Å². The number of guanidine groups is 1. The molecule has 2 N–H and O–H groups in total. The summed E-state index contributed by atoms with van der Waals surface area (Å²) in [6.45, 7) is 4.73. The van der Waals surface area contributed by atoms with E-state index in [9.17, 15) is 4.79 Å². The molecule has 0 spiro atoms. The number of anilines is 2. The van der Waals surface area contributed by atoms with Gasteiger partial charge in [-0.1, -0.05) is 19.1 Å². The highest BCUT2D eigenvalue weighted by molar-refractivity contribution is 6.03. The Morgan fingerprint density at radius 1 is 1.25 bits per heavy atom. The van der Waals surface area contributed by atoms with Gasteiger partial charge < -0.3 is 15.5 Å². The van der Waals surface area contributed by atoms with Crippen molar-refractivity contribution in [2.24, 2.45) is 9.98 Å². The van der Waals surface area contributed by atoms with Crippen LogP contribution >= 0.6 is 0 Å². The van der Waals surface area contributed by atoms with Crippen molar-refractivity contribution in [1.29, 1.82) is 0 Å². The van der Waals surface area contributed by atoms with Gasteiger partial charge in [0, 0.05) is 36.8 Å². The van der Waals surface area contributed by atoms with Gasteiger partial charge in [-0.05, 0) is 45.6 Å². The number of hydrogen-bond donors (Lipinski definition) is 2. The van der Waals surface area contributed by atoms with E-state index in [1.807, 2.05) is 63.2 Å². The average molecular weight is 329 g/mol. The molecular formula is C18H27N5O. The second-order valence-corrected chi connectivity index (χ2v) is 5.61. The number of nitrogens with zero attached hydrogens (tertiary/aromatic N) is 3. The van der Waals surface area contributed by atoms with E-state index in [1.165, 1.54) is 6.08 Å². The second kappa shape index (κ2) is 10.3. The molecule has 0 aliphatic carbocycles. The van der Waals surface area contributed by atoms with Gasteiger partial charge in [0.15, 0.2) is 0 Å². The molecule has 0 heterocycles. The molecule has 0 atom stereocenters. The van der Waals surface area contributed by atoms with Crippen LogP contribution in [0.2, 0.25) is 0 Å². The first kappa shape index (κ1) is 19.6. The molecule has 0 saturated heterocycles. The average Bonchev–Trinajstić information content (AvgIpc) is 2.54. The Bertz CT molecular complexity index is 632. The molecule has 6 nitrogen and oxygen atoms in total. The van der Waals surface area contributed by atoms with Crippen molar-refractivity contribution < 1.29 is 4.79 Å². The lowest BCUT2D eigenvalue weighted by atomic mass is 10.2. The molecule has 0 radical (unpaired) electrons. The first-order valence-corrected chi connectivity index (χ1v) is 7.95. The van der Waals surface area contributed by atoms with E-state index < -0.39 is 0 Å². The van der Waals surface area contributed by atoms with Crippen molar-refractivity contribution in [3.8, 4) is 0 Å². The van der Waals surface area contributed by atoms with Crippen LogP contribution in [-0.2, 0) is 4.79 Å². The van der Waals surface area contributed by atoms with Crippen LogP contribution < -0.4 is 10.6 Å². The quantitative estimate of drug-likeness (QED) is 0.479. The van der Waals surface area contributed by atoms with Gasteiger partial charge in [-0.3, -0.25) is 9.79 Å². The summed E-state index contributed by atoms with van der Waals surface area (Å²) < 4.78 is 0. The fourth-order valence-electron chi connectivity index (χ4n) is 1.75. The smallest absolute Gasteiger partial charge is 0.248 e. The van der Waals surface area contributed by atoms with Gasteiger partial charge in [0.25, 0.3) is 0 Å². The van der Waals surface area contributed by atoms with Crippen molar-refractivity contribution in [3.63, 3.8) is 0 Å². The molecular weight excluding hydrogens is 302 g/mol. The van der Waals surface area contributed by atoms with Gasteiger partial charge in [-0.2, -0.15) is 0 Å². The summed E-state index contributed by atoms with van der Waals surface area (Å²) in [5, 5.41) is 5.99. The first-order chi connectivity index (χ1) is 11.4. The maximum absolute atomic E-state index is 11.9. The molecule has 6 heteroatoms. The number of carbonyl (C=O) groups is 1. The SMILES string of the molecule is CC/C(C)=N\C(=NC)Nc1cccc(NC(=O)/C=C/CN(C)C)c1. The molecule has 0 aliphatic rings. The van der Waals surface area contributed by atoms with Gasteiger partial charge in [-0.15, -0.1) is 0 Å². The monoisotopic (exact) mass is 329 g/mol. The van der Waals surface area contributed by atoms with Crippen LogP contribution in [0.3, 0.4) is 0 Å². The Kier molecular flexibility index (Phi) is 8.43. The molecule has 0 saturated carbocycles. The van der Waals surface area contributed by atoms with Crippen LogP contribution in [-0.4, -0.2) is 50.2 Å². The number of aliphatic imine (C=N–C) groups is 2. The topological polar surface area (TPSA) is 69.1 Å². The third-order valence-electron chi connectivity index (χ3n) is 3.15. The second-order valence-electron chi connectivity index (χ2n) is 5.61. The number of carbonyl (C=O) groups excluding carboxylic acids is 1. The molecule has 1 rings (SSSR count). The molecule has 0 aromatic heterocycles. The van der Waals surface area contributed by atoms with Crippen LogP contribution in [0.4, 0.5) is 11.4 Å². The number of benzene rings is 1. The highest BCUT2D eigenvalue weighted by Crippen LogP contribution is 2.15. The molecule has 130 valence electrons. The Hall–Kier alpha value is -2.47. The fourth-order valence-corrected chi connectivity index (χ4v) is 1.75. The lowest BCUT2D eigenvalue weighted by Gasteiger charge is -2.09. The minimum absolute atomic E-state index is 0.154. The number of hydrogen-bond acceptors (Lipinski definition) is 3. The van der Waals surface area contributed by atoms with Crippen LogP contribution in [0.25, 0.3) is 0 Å². The minimum atomic E-state index is -0.154. The fraction of sp³-hybridized carbons (Fsp3) is 0.389. The zero-order valence-electron chi connectivity index (χ0n) is 15.1. The van der Waals surface area contributed by atoms with E-state index in [1.54, 1.807) is 7.05 Å². The van der Waals surface area contributed by atoms with E-state index >= 15 is 0 Å². The summed E-state index contributed by atoms with van der Waals surface area (Å²) in [5.74, 6) is 0.391. The van der Waals surface area contributed by atoms with Gasteiger partial charge >= 0.3 is 0 Å². The van der Waals surface area contributed by atoms with E-state index in [0.29, 0.717) is 11.6 Å². The Balaban J connectivity index is 2.73. The van der Waals surface area contributed by atoms with Crippen molar-refractivity contribution in [3.05, 3.63) is 36.4 Å². The van der Waals surface area contributed by atoms with Gasteiger partial charge in [0.1, 0.15) is 0 Å². The predicted molar refractivity (Wildman–Crippen MR) is 103 cm³/mol. The molecule has 0 bridgehead atoms. The largest absolute Gasteiger partial charge is 0.324 e. The molecule has 0 unspecified atom stereocenters. The van der Waals surface area contributed by atoms with Crippen LogP contribution in [0.1, 0.15) is 20.3 Å². The Labute approximate surface area is 144 Å². The molecule has 0 aliphatic heterocycles. The summed E-state index contributed by atoms with van der Waals surface area (Å²) in [5.41, 5.74) is 2.53. The van der Waals surface area contributed by atoms with E-state index in [0.717, 1.165) is 24.4 Å². The zero-order valence-corrected chi connectivity index (χ0v) is 15.1. The van der Waals surface area contributed by atoms with Crippen LogP contribution in [0, 0.1) is 0 Å². The minimum Gasteiger partial charge on any atom is -0.324 e.